The molecule has 1 atom stereocenters. The average molecular weight is 300 g/mol. The van der Waals surface area contributed by atoms with Gasteiger partial charge in [0, 0.05) is 7.11 Å². The van der Waals surface area contributed by atoms with Crippen LogP contribution in [0.5, 0.6) is 0 Å². The van der Waals surface area contributed by atoms with Crippen LogP contribution in [-0.4, -0.2) is 35.1 Å². The highest BCUT2D eigenvalue weighted by Gasteiger charge is 2.22. The first-order chi connectivity index (χ1) is 9.49. The molecule has 0 unspecified atom stereocenters. The third kappa shape index (κ3) is 4.57. The Bertz CT molecular complexity index is 473. The summed E-state index contributed by atoms with van der Waals surface area (Å²) < 4.78 is 4.97. The number of aromatic nitrogens is 1. The van der Waals surface area contributed by atoms with Crippen molar-refractivity contribution in [3.63, 3.8) is 0 Å². The van der Waals surface area contributed by atoms with E-state index in [0.29, 0.717) is 28.6 Å². The predicted molar refractivity (Wildman–Crippen MR) is 76.0 cm³/mol. The Morgan fingerprint density at radius 2 is 2.20 bits per heavy atom. The van der Waals surface area contributed by atoms with Crippen molar-refractivity contribution in [2.24, 2.45) is 0 Å². The lowest BCUT2D eigenvalue weighted by Crippen LogP contribution is -2.40. The third-order valence-electron chi connectivity index (χ3n) is 2.76. The summed E-state index contributed by atoms with van der Waals surface area (Å²) in [6.45, 7) is 4.05. The molecular weight excluding hydrogens is 280 g/mol. The summed E-state index contributed by atoms with van der Waals surface area (Å²) >= 11 is 1.23. The zero-order valence-corrected chi connectivity index (χ0v) is 12.7. The van der Waals surface area contributed by atoms with E-state index in [4.69, 9.17) is 9.84 Å². The van der Waals surface area contributed by atoms with Gasteiger partial charge in [0.2, 0.25) is 0 Å². The molecule has 1 amide bonds. The molecule has 0 saturated heterocycles. The Morgan fingerprint density at radius 1 is 1.50 bits per heavy atom. The van der Waals surface area contributed by atoms with Crippen molar-refractivity contribution >= 4 is 23.2 Å². The molecule has 112 valence electrons. The number of thiazole rings is 1. The Hall–Kier alpha value is -1.47. The first-order valence-electron chi connectivity index (χ1n) is 6.48. The summed E-state index contributed by atoms with van der Waals surface area (Å²) in [6, 6.07) is -0.852. The predicted octanol–water partition coefficient (Wildman–Crippen LogP) is 1.97. The number of hydrogen-bond acceptors (Lipinski definition) is 5. The topological polar surface area (TPSA) is 88.5 Å². The number of ether oxygens (including phenoxy) is 1. The molecule has 1 rings (SSSR count). The van der Waals surface area contributed by atoms with Crippen LogP contribution in [-0.2, 0) is 16.1 Å². The number of amides is 1. The standard InChI is InChI=1S/C13H20N2O4S/c1-4-5-6-9(13(17)18)15-12(16)11-8(2)14-10(20-11)7-19-3/h9H,4-7H2,1-3H3,(H,15,16)(H,17,18)/t9-/m0/s1. The van der Waals surface area contributed by atoms with Gasteiger partial charge in [-0.15, -0.1) is 11.3 Å². The van der Waals surface area contributed by atoms with Gasteiger partial charge >= 0.3 is 5.97 Å². The number of rotatable bonds is 8. The highest BCUT2D eigenvalue weighted by molar-refractivity contribution is 7.13. The molecule has 0 aliphatic heterocycles. The van der Waals surface area contributed by atoms with E-state index in [9.17, 15) is 9.59 Å². The molecule has 0 radical (unpaired) electrons. The second-order valence-electron chi connectivity index (χ2n) is 4.46. The minimum absolute atomic E-state index is 0.344. The van der Waals surface area contributed by atoms with E-state index in [1.54, 1.807) is 14.0 Å². The van der Waals surface area contributed by atoms with Gasteiger partial charge < -0.3 is 15.2 Å². The largest absolute Gasteiger partial charge is 0.480 e. The quantitative estimate of drug-likeness (QED) is 0.766. The number of carbonyl (C=O) groups is 2. The SMILES string of the molecule is CCCC[C@H](NC(=O)c1sc(COC)nc1C)C(=O)O. The van der Waals surface area contributed by atoms with E-state index >= 15 is 0 Å². The number of carboxylic acids is 1. The smallest absolute Gasteiger partial charge is 0.326 e. The van der Waals surface area contributed by atoms with E-state index in [2.05, 4.69) is 10.3 Å². The maximum Gasteiger partial charge on any atom is 0.326 e. The van der Waals surface area contributed by atoms with Crippen molar-refractivity contribution in [2.45, 2.75) is 45.8 Å². The van der Waals surface area contributed by atoms with E-state index in [1.807, 2.05) is 6.92 Å². The normalized spacial score (nSPS) is 12.2. The number of aryl methyl sites for hydroxylation is 1. The fourth-order valence-electron chi connectivity index (χ4n) is 1.74. The van der Waals surface area contributed by atoms with E-state index in [-0.39, 0.29) is 5.91 Å². The zero-order valence-electron chi connectivity index (χ0n) is 11.9. The molecule has 1 aromatic rings. The van der Waals surface area contributed by atoms with E-state index in [1.165, 1.54) is 11.3 Å². The first-order valence-corrected chi connectivity index (χ1v) is 7.30. The number of nitrogens with one attached hydrogen (secondary N) is 1. The molecule has 7 heteroatoms. The molecule has 2 N–H and O–H groups in total. The molecule has 0 bridgehead atoms. The van der Waals surface area contributed by atoms with Gasteiger partial charge in [-0.2, -0.15) is 0 Å². The number of hydrogen-bond donors (Lipinski definition) is 2. The lowest BCUT2D eigenvalue weighted by Gasteiger charge is -2.13. The van der Waals surface area contributed by atoms with Crippen LogP contribution in [0.2, 0.25) is 0 Å². The lowest BCUT2D eigenvalue weighted by molar-refractivity contribution is -0.139. The minimum Gasteiger partial charge on any atom is -0.480 e. The van der Waals surface area contributed by atoms with Gasteiger partial charge in [-0.1, -0.05) is 19.8 Å². The Balaban J connectivity index is 2.75. The molecular formula is C13H20N2O4S. The van der Waals surface area contributed by atoms with Crippen LogP contribution >= 0.6 is 11.3 Å². The van der Waals surface area contributed by atoms with Crippen LogP contribution in [0.3, 0.4) is 0 Å². The summed E-state index contributed by atoms with van der Waals surface area (Å²) in [7, 11) is 1.56. The van der Waals surface area contributed by atoms with Crippen LogP contribution in [0.25, 0.3) is 0 Å². The van der Waals surface area contributed by atoms with Crippen LogP contribution in [0, 0.1) is 6.92 Å². The third-order valence-corrected chi connectivity index (χ3v) is 3.89. The summed E-state index contributed by atoms with van der Waals surface area (Å²) in [5.41, 5.74) is 0.596. The molecule has 0 fully saturated rings. The molecule has 1 aromatic heterocycles. The van der Waals surface area contributed by atoms with Crippen molar-refractivity contribution < 1.29 is 19.4 Å². The van der Waals surface area contributed by atoms with Gasteiger partial charge in [-0.3, -0.25) is 4.79 Å². The van der Waals surface area contributed by atoms with Crippen LogP contribution in [0.15, 0.2) is 0 Å². The maximum absolute atomic E-state index is 12.1. The number of nitrogens with zero attached hydrogens (tertiary/aromatic N) is 1. The van der Waals surface area contributed by atoms with E-state index < -0.39 is 12.0 Å². The number of unbranched alkanes of at least 4 members (excludes halogenated alkanes) is 1. The fourth-order valence-corrected chi connectivity index (χ4v) is 2.68. The van der Waals surface area contributed by atoms with Gasteiger partial charge in [-0.25, -0.2) is 9.78 Å². The highest BCUT2D eigenvalue weighted by atomic mass is 32.1. The van der Waals surface area contributed by atoms with Crippen LogP contribution in [0.4, 0.5) is 0 Å². The molecule has 1 heterocycles. The molecule has 0 aromatic carbocycles. The maximum atomic E-state index is 12.1. The van der Waals surface area contributed by atoms with Gasteiger partial charge in [0.1, 0.15) is 15.9 Å². The molecule has 6 nitrogen and oxygen atoms in total. The Kier molecular flexibility index (Phi) is 6.60. The number of aliphatic carboxylic acids is 1. The molecule has 0 saturated carbocycles. The van der Waals surface area contributed by atoms with Gasteiger partial charge in [0.05, 0.1) is 12.3 Å². The molecule has 0 aliphatic rings. The van der Waals surface area contributed by atoms with Gasteiger partial charge in [-0.05, 0) is 13.3 Å². The molecule has 0 aliphatic carbocycles. The van der Waals surface area contributed by atoms with Crippen molar-refractivity contribution in [3.8, 4) is 0 Å². The van der Waals surface area contributed by atoms with Crippen LogP contribution in [0.1, 0.15) is 46.6 Å². The van der Waals surface area contributed by atoms with Crippen molar-refractivity contribution in [2.75, 3.05) is 7.11 Å². The number of carbonyl (C=O) groups excluding carboxylic acids is 1. The average Bonchev–Trinajstić information content (AvgIpc) is 2.75. The van der Waals surface area contributed by atoms with Crippen molar-refractivity contribution in [1.82, 2.24) is 10.3 Å². The number of methoxy groups -OCH3 is 1. The van der Waals surface area contributed by atoms with E-state index in [0.717, 1.165) is 12.8 Å². The Morgan fingerprint density at radius 3 is 2.75 bits per heavy atom. The minimum atomic E-state index is -1.01. The summed E-state index contributed by atoms with van der Waals surface area (Å²) in [5, 5.41) is 12.4. The van der Waals surface area contributed by atoms with Crippen molar-refractivity contribution in [1.29, 1.82) is 0 Å². The van der Waals surface area contributed by atoms with Gasteiger partial charge in [0.25, 0.3) is 5.91 Å². The van der Waals surface area contributed by atoms with Crippen LogP contribution < -0.4 is 5.32 Å². The Labute approximate surface area is 122 Å². The molecule has 20 heavy (non-hydrogen) atoms. The second kappa shape index (κ2) is 7.96. The zero-order chi connectivity index (χ0) is 15.1. The summed E-state index contributed by atoms with van der Waals surface area (Å²) in [6.07, 6.45) is 2.07. The summed E-state index contributed by atoms with van der Waals surface area (Å²) in [5.74, 6) is -1.39. The fraction of sp³-hybridized carbons (Fsp3) is 0.615. The van der Waals surface area contributed by atoms with Crippen molar-refractivity contribution in [3.05, 3.63) is 15.6 Å². The molecule has 0 spiro atoms. The number of carboxylic acid groups (broad SMARTS) is 1. The lowest BCUT2D eigenvalue weighted by atomic mass is 10.1. The second-order valence-corrected chi connectivity index (χ2v) is 5.55. The monoisotopic (exact) mass is 300 g/mol. The summed E-state index contributed by atoms with van der Waals surface area (Å²) in [4.78, 5) is 27.9. The highest BCUT2D eigenvalue weighted by Crippen LogP contribution is 2.19. The van der Waals surface area contributed by atoms with Gasteiger partial charge in [0.15, 0.2) is 0 Å². The first kappa shape index (κ1) is 16.6.